The van der Waals surface area contributed by atoms with E-state index in [0.717, 1.165) is 15.2 Å². The first kappa shape index (κ1) is 19.7. The van der Waals surface area contributed by atoms with Crippen LogP contribution in [0.2, 0.25) is 0 Å². The molecule has 28 heavy (non-hydrogen) atoms. The van der Waals surface area contributed by atoms with Crippen LogP contribution in [0.15, 0.2) is 64.2 Å². The van der Waals surface area contributed by atoms with Gasteiger partial charge in [0.15, 0.2) is 6.61 Å². The minimum Gasteiger partial charge on any atom is -0.496 e. The fraction of sp³-hybridized carbons (Fsp3) is 0.143. The quantitative estimate of drug-likeness (QED) is 0.440. The molecule has 0 aromatic heterocycles. The number of carbonyl (C=O) groups is 1. The number of halogens is 1. The highest BCUT2D eigenvalue weighted by molar-refractivity contribution is 9.10. The van der Waals surface area contributed by atoms with Crippen LogP contribution in [-0.2, 0) is 4.79 Å². The molecular weight excluding hydrogens is 424 g/mol. The highest BCUT2D eigenvalue weighted by Crippen LogP contribution is 2.31. The number of hydrazone groups is 1. The molecule has 1 amide bonds. The monoisotopic (exact) mass is 442 g/mol. The Morgan fingerprint density at radius 3 is 2.54 bits per heavy atom. The summed E-state index contributed by atoms with van der Waals surface area (Å²) >= 11 is 3.41. The van der Waals surface area contributed by atoms with Crippen LogP contribution in [0.3, 0.4) is 0 Å². The van der Waals surface area contributed by atoms with Gasteiger partial charge in [-0.05, 0) is 44.9 Å². The van der Waals surface area contributed by atoms with Crippen molar-refractivity contribution in [1.29, 1.82) is 0 Å². The topological polar surface area (TPSA) is 69.2 Å². The van der Waals surface area contributed by atoms with Crippen LogP contribution in [0.5, 0.6) is 17.2 Å². The molecule has 3 aromatic carbocycles. The summed E-state index contributed by atoms with van der Waals surface area (Å²) < 4.78 is 16.8. The zero-order chi connectivity index (χ0) is 19.9. The van der Waals surface area contributed by atoms with Gasteiger partial charge in [-0.15, -0.1) is 0 Å². The van der Waals surface area contributed by atoms with E-state index in [4.69, 9.17) is 14.2 Å². The maximum Gasteiger partial charge on any atom is 0.277 e. The van der Waals surface area contributed by atoms with Crippen molar-refractivity contribution in [3.63, 3.8) is 0 Å². The second-order valence-corrected chi connectivity index (χ2v) is 6.67. The number of fused-ring (bicyclic) bond motifs is 1. The van der Waals surface area contributed by atoms with Crippen molar-refractivity contribution in [3.05, 3.63) is 64.6 Å². The smallest absolute Gasteiger partial charge is 0.277 e. The highest BCUT2D eigenvalue weighted by atomic mass is 79.9. The molecule has 0 radical (unpaired) electrons. The molecule has 0 heterocycles. The van der Waals surface area contributed by atoms with Crippen LogP contribution in [-0.4, -0.2) is 32.9 Å². The van der Waals surface area contributed by atoms with E-state index in [1.165, 1.54) is 6.21 Å². The molecule has 0 saturated carbocycles. The number of hydrogen-bond acceptors (Lipinski definition) is 5. The molecule has 144 valence electrons. The molecule has 7 heteroatoms. The lowest BCUT2D eigenvalue weighted by molar-refractivity contribution is -0.123. The molecule has 1 N–H and O–H groups in total. The summed E-state index contributed by atoms with van der Waals surface area (Å²) in [6, 6.07) is 17.1. The second-order valence-electron chi connectivity index (χ2n) is 5.82. The highest BCUT2D eigenvalue weighted by Gasteiger charge is 2.08. The van der Waals surface area contributed by atoms with Crippen LogP contribution in [0.25, 0.3) is 10.8 Å². The minimum atomic E-state index is -0.365. The average molecular weight is 443 g/mol. The fourth-order valence-electron chi connectivity index (χ4n) is 2.60. The van der Waals surface area contributed by atoms with Gasteiger partial charge in [0.05, 0.1) is 24.9 Å². The SMILES string of the molecule is COc1cc(OC)c(/C=N/NC(=O)COc2ccc3ccccc3c2)cc1Br. The summed E-state index contributed by atoms with van der Waals surface area (Å²) in [4.78, 5) is 12.0. The number of amides is 1. The standard InChI is InChI=1S/C21H19BrN2O4/c1-26-19-11-20(27-2)18(22)10-16(19)12-23-24-21(25)13-28-17-8-7-14-5-3-4-6-15(14)9-17/h3-12H,13H2,1-2H3,(H,24,25)/b23-12+. The van der Waals surface area contributed by atoms with Gasteiger partial charge >= 0.3 is 0 Å². The molecule has 3 aromatic rings. The Hall–Kier alpha value is -3.06. The van der Waals surface area contributed by atoms with Crippen molar-refractivity contribution in [2.75, 3.05) is 20.8 Å². The summed E-state index contributed by atoms with van der Waals surface area (Å²) in [7, 11) is 3.12. The third-order valence-corrected chi connectivity index (χ3v) is 4.61. The molecule has 0 atom stereocenters. The van der Waals surface area contributed by atoms with Gasteiger partial charge in [-0.2, -0.15) is 5.10 Å². The Morgan fingerprint density at radius 2 is 1.79 bits per heavy atom. The molecule has 6 nitrogen and oxygen atoms in total. The first-order chi connectivity index (χ1) is 13.6. The predicted molar refractivity (Wildman–Crippen MR) is 112 cm³/mol. The molecule has 0 aliphatic heterocycles. The van der Waals surface area contributed by atoms with Crippen LogP contribution in [0.4, 0.5) is 0 Å². The van der Waals surface area contributed by atoms with Crippen molar-refractivity contribution in [2.24, 2.45) is 5.10 Å². The first-order valence-corrected chi connectivity index (χ1v) is 9.25. The average Bonchev–Trinajstić information content (AvgIpc) is 2.72. The largest absolute Gasteiger partial charge is 0.496 e. The molecule has 0 saturated heterocycles. The fourth-order valence-corrected chi connectivity index (χ4v) is 3.12. The Labute approximate surface area is 171 Å². The van der Waals surface area contributed by atoms with Gasteiger partial charge in [0, 0.05) is 11.6 Å². The normalized spacial score (nSPS) is 10.8. The number of methoxy groups -OCH3 is 2. The molecule has 0 aliphatic carbocycles. The number of ether oxygens (including phenoxy) is 3. The minimum absolute atomic E-state index is 0.140. The molecule has 3 rings (SSSR count). The predicted octanol–water partition coefficient (Wildman–Crippen LogP) is 4.15. The summed E-state index contributed by atoms with van der Waals surface area (Å²) in [5.41, 5.74) is 3.13. The van der Waals surface area contributed by atoms with Crippen molar-refractivity contribution >= 4 is 38.8 Å². The van der Waals surface area contributed by atoms with E-state index in [-0.39, 0.29) is 12.5 Å². The third-order valence-electron chi connectivity index (χ3n) is 3.99. The number of nitrogens with one attached hydrogen (secondary N) is 1. The van der Waals surface area contributed by atoms with Crippen molar-refractivity contribution in [3.8, 4) is 17.2 Å². The molecule has 0 bridgehead atoms. The van der Waals surface area contributed by atoms with E-state index in [2.05, 4.69) is 26.5 Å². The van der Waals surface area contributed by atoms with Crippen LogP contribution in [0, 0.1) is 0 Å². The van der Waals surface area contributed by atoms with Crippen LogP contribution < -0.4 is 19.6 Å². The van der Waals surface area contributed by atoms with E-state index in [1.807, 2.05) is 42.5 Å². The van der Waals surface area contributed by atoms with E-state index >= 15 is 0 Å². The van der Waals surface area contributed by atoms with Gasteiger partial charge in [0.25, 0.3) is 5.91 Å². The molecule has 0 unspecified atom stereocenters. The number of rotatable bonds is 7. The van der Waals surface area contributed by atoms with E-state index in [0.29, 0.717) is 22.8 Å². The van der Waals surface area contributed by atoms with Crippen LogP contribution >= 0.6 is 15.9 Å². The maximum absolute atomic E-state index is 12.0. The lowest BCUT2D eigenvalue weighted by Crippen LogP contribution is -2.24. The molecule has 0 fully saturated rings. The lowest BCUT2D eigenvalue weighted by atomic mass is 10.1. The zero-order valence-electron chi connectivity index (χ0n) is 15.4. The van der Waals surface area contributed by atoms with Gasteiger partial charge < -0.3 is 14.2 Å². The van der Waals surface area contributed by atoms with Gasteiger partial charge in [-0.25, -0.2) is 5.43 Å². The van der Waals surface area contributed by atoms with Gasteiger partial charge in [-0.3, -0.25) is 4.79 Å². The molecule has 0 spiro atoms. The summed E-state index contributed by atoms with van der Waals surface area (Å²) in [5, 5.41) is 6.13. The van der Waals surface area contributed by atoms with E-state index in [1.54, 1.807) is 26.4 Å². The number of hydrogen-bond donors (Lipinski definition) is 1. The third kappa shape index (κ3) is 4.80. The Bertz CT molecular complexity index is 1020. The Balaban J connectivity index is 1.58. The molecule has 0 aliphatic rings. The zero-order valence-corrected chi connectivity index (χ0v) is 17.0. The number of nitrogens with zero attached hydrogens (tertiary/aromatic N) is 1. The van der Waals surface area contributed by atoms with Crippen molar-refractivity contribution in [2.45, 2.75) is 0 Å². The van der Waals surface area contributed by atoms with Gasteiger partial charge in [-0.1, -0.05) is 30.3 Å². The Kier molecular flexibility index (Phi) is 6.49. The number of carbonyl (C=O) groups excluding carboxylic acids is 1. The van der Waals surface area contributed by atoms with Crippen LogP contribution in [0.1, 0.15) is 5.56 Å². The lowest BCUT2D eigenvalue weighted by Gasteiger charge is -2.09. The Morgan fingerprint density at radius 1 is 1.04 bits per heavy atom. The van der Waals surface area contributed by atoms with Crippen molar-refractivity contribution in [1.82, 2.24) is 5.43 Å². The van der Waals surface area contributed by atoms with E-state index in [9.17, 15) is 4.79 Å². The number of benzene rings is 3. The van der Waals surface area contributed by atoms with E-state index < -0.39 is 0 Å². The summed E-state index contributed by atoms with van der Waals surface area (Å²) in [6.45, 7) is -0.140. The second kappa shape index (κ2) is 9.23. The summed E-state index contributed by atoms with van der Waals surface area (Å²) in [6.07, 6.45) is 1.50. The molecular formula is C21H19BrN2O4. The van der Waals surface area contributed by atoms with Gasteiger partial charge in [0.1, 0.15) is 17.2 Å². The van der Waals surface area contributed by atoms with Crippen molar-refractivity contribution < 1.29 is 19.0 Å². The first-order valence-electron chi connectivity index (χ1n) is 8.45. The summed E-state index contributed by atoms with van der Waals surface area (Å²) in [5.74, 6) is 1.47. The maximum atomic E-state index is 12.0. The van der Waals surface area contributed by atoms with Gasteiger partial charge in [0.2, 0.25) is 0 Å².